The number of aryl methyl sites for hydroxylation is 1. The van der Waals surface area contributed by atoms with Crippen LogP contribution in [0.15, 0.2) is 18.2 Å². The van der Waals surface area contributed by atoms with Crippen LogP contribution in [0.3, 0.4) is 0 Å². The number of hydrogen-bond donors (Lipinski definition) is 6. The highest BCUT2D eigenvalue weighted by molar-refractivity contribution is 5.77. The van der Waals surface area contributed by atoms with Gasteiger partial charge in [0.1, 0.15) is 24.1 Å². The predicted octanol–water partition coefficient (Wildman–Crippen LogP) is -0.353. The lowest BCUT2D eigenvalue weighted by molar-refractivity contribution is -0.284. The molecule has 0 radical (unpaired) electrons. The Kier molecular flexibility index (Phi) is 8.01. The number of amides is 1. The topological polar surface area (TPSA) is 166 Å². The van der Waals surface area contributed by atoms with E-state index in [1.165, 1.54) is 6.92 Å². The fraction of sp³-hybridized carbons (Fsp3) is 0.619. The minimum Gasteiger partial charge on any atom is -0.476 e. The Morgan fingerprint density at radius 2 is 1.97 bits per heavy atom. The summed E-state index contributed by atoms with van der Waals surface area (Å²) in [5, 5.41) is 52.7. The van der Waals surface area contributed by atoms with Crippen LogP contribution < -0.4 is 10.1 Å². The largest absolute Gasteiger partial charge is 0.476 e. The molecule has 31 heavy (non-hydrogen) atoms. The molecule has 0 saturated carbocycles. The normalized spacial score (nSPS) is 28.1. The molecule has 0 aliphatic carbocycles. The SMILES string of the molecule is CC(=O)NC1C(O)CC(Oc2cc(C)ccc2C(C)C)(C(=O)O)OC1C(O)C(O)CO. The highest BCUT2D eigenvalue weighted by Gasteiger charge is 2.56. The van der Waals surface area contributed by atoms with Crippen molar-refractivity contribution in [3.63, 3.8) is 0 Å². The maximum atomic E-state index is 12.3. The number of benzene rings is 1. The highest BCUT2D eigenvalue weighted by atomic mass is 16.7. The predicted molar refractivity (Wildman–Crippen MR) is 108 cm³/mol. The molecular formula is C21H31NO9. The first kappa shape index (κ1) is 25.0. The van der Waals surface area contributed by atoms with E-state index in [4.69, 9.17) is 9.47 Å². The maximum absolute atomic E-state index is 12.3. The molecule has 6 unspecified atom stereocenters. The van der Waals surface area contributed by atoms with Gasteiger partial charge < -0.3 is 40.3 Å². The van der Waals surface area contributed by atoms with Crippen molar-refractivity contribution in [2.24, 2.45) is 0 Å². The summed E-state index contributed by atoms with van der Waals surface area (Å²) in [6.45, 7) is 5.94. The minimum atomic E-state index is -2.41. The van der Waals surface area contributed by atoms with Crippen molar-refractivity contribution >= 4 is 11.9 Å². The van der Waals surface area contributed by atoms with E-state index in [0.29, 0.717) is 5.56 Å². The standard InChI is InChI=1S/C21H31NO9/c1-10(2)13-6-5-11(3)7-16(13)30-21(20(28)29)8-14(25)17(22-12(4)24)19(31-21)18(27)15(26)9-23/h5-7,10,14-15,17-19,23,25-27H,8-9H2,1-4H3,(H,22,24)(H,28,29). The van der Waals surface area contributed by atoms with Gasteiger partial charge in [0.05, 0.1) is 25.2 Å². The second-order valence-electron chi connectivity index (χ2n) is 8.18. The summed E-state index contributed by atoms with van der Waals surface area (Å²) in [7, 11) is 0. The number of hydrogen-bond acceptors (Lipinski definition) is 8. The van der Waals surface area contributed by atoms with Gasteiger partial charge in [-0.2, -0.15) is 0 Å². The molecule has 10 heteroatoms. The van der Waals surface area contributed by atoms with Gasteiger partial charge in [0.2, 0.25) is 5.91 Å². The molecule has 1 amide bonds. The van der Waals surface area contributed by atoms with Crippen molar-refractivity contribution in [1.29, 1.82) is 0 Å². The molecule has 0 bridgehead atoms. The number of nitrogens with one attached hydrogen (secondary N) is 1. The summed E-state index contributed by atoms with van der Waals surface area (Å²) in [6.07, 6.45) is -7.16. The van der Waals surface area contributed by atoms with Gasteiger partial charge in [-0.25, -0.2) is 4.79 Å². The first-order chi connectivity index (χ1) is 14.4. The molecule has 6 atom stereocenters. The Labute approximate surface area is 180 Å². The van der Waals surface area contributed by atoms with Crippen LogP contribution in [0.5, 0.6) is 5.75 Å². The van der Waals surface area contributed by atoms with E-state index in [1.807, 2.05) is 19.9 Å². The molecule has 1 heterocycles. The summed E-state index contributed by atoms with van der Waals surface area (Å²) in [5.41, 5.74) is 1.51. The van der Waals surface area contributed by atoms with E-state index in [-0.39, 0.29) is 11.7 Å². The van der Waals surface area contributed by atoms with Crippen LogP contribution in [0.2, 0.25) is 0 Å². The maximum Gasteiger partial charge on any atom is 0.377 e. The zero-order chi connectivity index (χ0) is 23.5. The summed E-state index contributed by atoms with van der Waals surface area (Å²) in [4.78, 5) is 23.9. The summed E-state index contributed by atoms with van der Waals surface area (Å²) in [5.74, 6) is -4.31. The Morgan fingerprint density at radius 1 is 1.32 bits per heavy atom. The second kappa shape index (κ2) is 9.92. The number of rotatable bonds is 8. The third-order valence-corrected chi connectivity index (χ3v) is 5.25. The number of carboxylic acid groups (broad SMARTS) is 1. The fourth-order valence-electron chi connectivity index (χ4n) is 3.62. The number of carbonyl (C=O) groups excluding carboxylic acids is 1. The second-order valence-corrected chi connectivity index (χ2v) is 8.18. The molecule has 2 rings (SSSR count). The van der Waals surface area contributed by atoms with Gasteiger partial charge in [0.15, 0.2) is 0 Å². The molecule has 1 saturated heterocycles. The average Bonchev–Trinajstić information content (AvgIpc) is 2.68. The smallest absolute Gasteiger partial charge is 0.377 e. The lowest BCUT2D eigenvalue weighted by Crippen LogP contribution is -2.68. The average molecular weight is 441 g/mol. The number of aliphatic hydroxyl groups is 4. The number of aliphatic carboxylic acids is 1. The number of ether oxygens (including phenoxy) is 2. The van der Waals surface area contributed by atoms with Crippen molar-refractivity contribution in [2.45, 2.75) is 76.3 Å². The summed E-state index contributed by atoms with van der Waals surface area (Å²) >= 11 is 0. The molecule has 1 aliphatic heterocycles. The Morgan fingerprint density at radius 3 is 2.48 bits per heavy atom. The van der Waals surface area contributed by atoms with Gasteiger partial charge in [0, 0.05) is 6.92 Å². The molecule has 174 valence electrons. The van der Waals surface area contributed by atoms with Crippen molar-refractivity contribution in [1.82, 2.24) is 5.32 Å². The Balaban J connectivity index is 2.51. The van der Waals surface area contributed by atoms with Crippen LogP contribution in [0.4, 0.5) is 0 Å². The highest BCUT2D eigenvalue weighted by Crippen LogP contribution is 2.37. The molecule has 6 N–H and O–H groups in total. The van der Waals surface area contributed by atoms with E-state index in [1.54, 1.807) is 19.1 Å². The summed E-state index contributed by atoms with van der Waals surface area (Å²) in [6, 6.07) is 4.05. The van der Waals surface area contributed by atoms with Crippen LogP contribution in [-0.2, 0) is 14.3 Å². The number of carboxylic acids is 1. The quantitative estimate of drug-likeness (QED) is 0.316. The lowest BCUT2D eigenvalue weighted by atomic mass is 9.88. The molecule has 1 aliphatic rings. The Bertz CT molecular complexity index is 799. The van der Waals surface area contributed by atoms with Crippen molar-refractivity contribution < 1.29 is 44.6 Å². The molecule has 10 nitrogen and oxygen atoms in total. The van der Waals surface area contributed by atoms with Crippen LogP contribution >= 0.6 is 0 Å². The molecule has 1 aromatic rings. The van der Waals surface area contributed by atoms with Crippen molar-refractivity contribution in [2.75, 3.05) is 6.61 Å². The monoisotopic (exact) mass is 441 g/mol. The van der Waals surface area contributed by atoms with Crippen molar-refractivity contribution in [3.8, 4) is 5.75 Å². The van der Waals surface area contributed by atoms with E-state index in [0.717, 1.165) is 5.56 Å². The van der Waals surface area contributed by atoms with E-state index < -0.39 is 61.1 Å². The third-order valence-electron chi connectivity index (χ3n) is 5.25. The molecular weight excluding hydrogens is 410 g/mol. The lowest BCUT2D eigenvalue weighted by Gasteiger charge is -2.46. The van der Waals surface area contributed by atoms with E-state index >= 15 is 0 Å². The fourth-order valence-corrected chi connectivity index (χ4v) is 3.62. The van der Waals surface area contributed by atoms with Gasteiger partial charge in [-0.1, -0.05) is 26.0 Å². The van der Waals surface area contributed by atoms with E-state index in [2.05, 4.69) is 5.32 Å². The Hall–Kier alpha value is -2.24. The van der Waals surface area contributed by atoms with Gasteiger partial charge in [-0.3, -0.25) is 4.79 Å². The van der Waals surface area contributed by atoms with Gasteiger partial charge in [0.25, 0.3) is 0 Å². The minimum absolute atomic E-state index is 0.0142. The van der Waals surface area contributed by atoms with Crippen LogP contribution in [-0.4, -0.2) is 80.3 Å². The zero-order valence-electron chi connectivity index (χ0n) is 18.0. The zero-order valence-corrected chi connectivity index (χ0v) is 18.0. The van der Waals surface area contributed by atoms with Crippen LogP contribution in [0.25, 0.3) is 0 Å². The van der Waals surface area contributed by atoms with Crippen LogP contribution in [0.1, 0.15) is 44.2 Å². The van der Waals surface area contributed by atoms with Gasteiger partial charge in [-0.15, -0.1) is 0 Å². The van der Waals surface area contributed by atoms with Crippen LogP contribution in [0, 0.1) is 6.92 Å². The number of carbonyl (C=O) groups is 2. The molecule has 1 aromatic carbocycles. The van der Waals surface area contributed by atoms with Gasteiger partial charge in [-0.05, 0) is 30.0 Å². The molecule has 0 spiro atoms. The summed E-state index contributed by atoms with van der Waals surface area (Å²) < 4.78 is 11.5. The molecule has 1 fully saturated rings. The van der Waals surface area contributed by atoms with E-state index in [9.17, 15) is 35.1 Å². The third kappa shape index (κ3) is 5.52. The first-order valence-corrected chi connectivity index (χ1v) is 10.0. The van der Waals surface area contributed by atoms with Crippen molar-refractivity contribution in [3.05, 3.63) is 29.3 Å². The first-order valence-electron chi connectivity index (χ1n) is 10.0. The molecule has 0 aromatic heterocycles. The van der Waals surface area contributed by atoms with Gasteiger partial charge >= 0.3 is 11.8 Å². The number of aliphatic hydroxyl groups excluding tert-OH is 4.